The second-order valence-corrected chi connectivity index (χ2v) is 4.38. The van der Waals surface area contributed by atoms with Crippen LogP contribution in [-0.2, 0) is 0 Å². The molecule has 1 heterocycles. The van der Waals surface area contributed by atoms with E-state index < -0.39 is 0 Å². The van der Waals surface area contributed by atoms with Crippen molar-refractivity contribution >= 4 is 11.3 Å². The SMILES string of the molecule is Cc1cc(-c2cccs2)cc(C)c1O. The second-order valence-electron chi connectivity index (χ2n) is 3.44. The third-order valence-electron chi connectivity index (χ3n) is 2.30. The Morgan fingerprint density at radius 1 is 1.14 bits per heavy atom. The van der Waals surface area contributed by atoms with Crippen molar-refractivity contribution in [3.8, 4) is 16.2 Å². The van der Waals surface area contributed by atoms with Gasteiger partial charge in [0, 0.05) is 4.88 Å². The minimum absolute atomic E-state index is 0.408. The molecule has 1 nitrogen and oxygen atoms in total. The Kier molecular flexibility index (Phi) is 2.30. The molecule has 0 unspecified atom stereocenters. The van der Waals surface area contributed by atoms with Crippen LogP contribution in [-0.4, -0.2) is 5.11 Å². The van der Waals surface area contributed by atoms with E-state index in [1.54, 1.807) is 11.3 Å². The Morgan fingerprint density at radius 2 is 1.79 bits per heavy atom. The number of thiophene rings is 1. The van der Waals surface area contributed by atoms with E-state index in [1.807, 2.05) is 32.0 Å². The largest absolute Gasteiger partial charge is 0.507 e. The quantitative estimate of drug-likeness (QED) is 0.750. The molecule has 14 heavy (non-hydrogen) atoms. The van der Waals surface area contributed by atoms with Crippen molar-refractivity contribution in [3.05, 3.63) is 40.8 Å². The van der Waals surface area contributed by atoms with Crippen molar-refractivity contribution < 1.29 is 5.11 Å². The first-order valence-electron chi connectivity index (χ1n) is 4.52. The van der Waals surface area contributed by atoms with Crippen LogP contribution in [0.3, 0.4) is 0 Å². The lowest BCUT2D eigenvalue weighted by atomic mass is 10.0. The number of hydrogen-bond donors (Lipinski definition) is 1. The predicted octanol–water partition coefficient (Wildman–Crippen LogP) is 3.74. The standard InChI is InChI=1S/C12H12OS/c1-8-6-10(7-9(2)12(8)13)11-4-3-5-14-11/h3-7,13H,1-2H3. The first-order valence-corrected chi connectivity index (χ1v) is 5.40. The number of hydrogen-bond acceptors (Lipinski definition) is 2. The minimum atomic E-state index is 0.408. The summed E-state index contributed by atoms with van der Waals surface area (Å²) >= 11 is 1.72. The van der Waals surface area contributed by atoms with Gasteiger partial charge in [0.1, 0.15) is 5.75 Å². The summed E-state index contributed by atoms with van der Waals surface area (Å²) in [6.45, 7) is 3.86. The highest BCUT2D eigenvalue weighted by Gasteiger charge is 2.05. The molecule has 0 saturated carbocycles. The van der Waals surface area contributed by atoms with Gasteiger partial charge in [-0.3, -0.25) is 0 Å². The van der Waals surface area contributed by atoms with Crippen LogP contribution >= 0.6 is 11.3 Å². The molecule has 0 saturated heterocycles. The van der Waals surface area contributed by atoms with E-state index in [0.717, 1.165) is 11.1 Å². The maximum Gasteiger partial charge on any atom is 0.121 e. The molecule has 0 fully saturated rings. The lowest BCUT2D eigenvalue weighted by molar-refractivity contribution is 0.467. The van der Waals surface area contributed by atoms with Gasteiger partial charge in [0.15, 0.2) is 0 Å². The maximum atomic E-state index is 9.63. The molecule has 0 aliphatic heterocycles. The lowest BCUT2D eigenvalue weighted by Crippen LogP contribution is -1.82. The Morgan fingerprint density at radius 3 is 2.29 bits per heavy atom. The maximum absolute atomic E-state index is 9.63. The molecule has 2 rings (SSSR count). The van der Waals surface area contributed by atoms with Gasteiger partial charge in [-0.05, 0) is 54.1 Å². The Balaban J connectivity index is 2.57. The van der Waals surface area contributed by atoms with Gasteiger partial charge in [-0.15, -0.1) is 11.3 Å². The van der Waals surface area contributed by atoms with Crippen LogP contribution < -0.4 is 0 Å². The molecule has 72 valence electrons. The van der Waals surface area contributed by atoms with Crippen molar-refractivity contribution in [1.29, 1.82) is 0 Å². The van der Waals surface area contributed by atoms with E-state index in [-0.39, 0.29) is 0 Å². The van der Waals surface area contributed by atoms with Crippen molar-refractivity contribution in [3.63, 3.8) is 0 Å². The molecule has 1 N–H and O–H groups in total. The molecule has 2 aromatic rings. The highest BCUT2D eigenvalue weighted by atomic mass is 32.1. The highest BCUT2D eigenvalue weighted by Crippen LogP contribution is 2.31. The van der Waals surface area contributed by atoms with Gasteiger partial charge in [0.2, 0.25) is 0 Å². The third-order valence-corrected chi connectivity index (χ3v) is 3.22. The summed E-state index contributed by atoms with van der Waals surface area (Å²) in [5, 5.41) is 11.7. The zero-order valence-corrected chi connectivity index (χ0v) is 9.06. The molecule has 0 aliphatic rings. The normalized spacial score (nSPS) is 10.4. The highest BCUT2D eigenvalue weighted by molar-refractivity contribution is 7.13. The average molecular weight is 204 g/mol. The van der Waals surface area contributed by atoms with Gasteiger partial charge in [0.25, 0.3) is 0 Å². The Hall–Kier alpha value is -1.28. The summed E-state index contributed by atoms with van der Waals surface area (Å²) < 4.78 is 0. The summed E-state index contributed by atoms with van der Waals surface area (Å²) in [5.74, 6) is 0.408. The molecule has 0 spiro atoms. The molecular formula is C12H12OS. The summed E-state index contributed by atoms with van der Waals surface area (Å²) in [4.78, 5) is 1.25. The fraction of sp³-hybridized carbons (Fsp3) is 0.167. The molecule has 2 heteroatoms. The minimum Gasteiger partial charge on any atom is -0.507 e. The van der Waals surface area contributed by atoms with Crippen molar-refractivity contribution in [2.24, 2.45) is 0 Å². The third kappa shape index (κ3) is 1.53. The molecular weight excluding hydrogens is 192 g/mol. The monoisotopic (exact) mass is 204 g/mol. The van der Waals surface area contributed by atoms with Gasteiger partial charge in [-0.25, -0.2) is 0 Å². The molecule has 0 amide bonds. The van der Waals surface area contributed by atoms with Gasteiger partial charge in [0.05, 0.1) is 0 Å². The second kappa shape index (κ2) is 3.46. The van der Waals surface area contributed by atoms with Gasteiger partial charge < -0.3 is 5.11 Å². The average Bonchev–Trinajstić information content (AvgIpc) is 2.66. The first-order chi connectivity index (χ1) is 6.68. The fourth-order valence-corrected chi connectivity index (χ4v) is 2.26. The van der Waals surface area contributed by atoms with Crippen molar-refractivity contribution in [2.45, 2.75) is 13.8 Å². The number of phenols is 1. The van der Waals surface area contributed by atoms with Gasteiger partial charge in [-0.1, -0.05) is 6.07 Å². The Labute approximate surface area is 87.7 Å². The van der Waals surface area contributed by atoms with Crippen LogP contribution in [0.5, 0.6) is 5.75 Å². The van der Waals surface area contributed by atoms with Gasteiger partial charge >= 0.3 is 0 Å². The molecule has 0 atom stereocenters. The van der Waals surface area contributed by atoms with Crippen LogP contribution in [0, 0.1) is 13.8 Å². The molecule has 1 aromatic heterocycles. The van der Waals surface area contributed by atoms with Crippen LogP contribution in [0.1, 0.15) is 11.1 Å². The van der Waals surface area contributed by atoms with Crippen LogP contribution in [0.15, 0.2) is 29.6 Å². The number of rotatable bonds is 1. The molecule has 0 bridgehead atoms. The summed E-state index contributed by atoms with van der Waals surface area (Å²) in [5.41, 5.74) is 3.06. The zero-order valence-electron chi connectivity index (χ0n) is 8.24. The van der Waals surface area contributed by atoms with Gasteiger partial charge in [-0.2, -0.15) is 0 Å². The van der Waals surface area contributed by atoms with Crippen LogP contribution in [0.4, 0.5) is 0 Å². The van der Waals surface area contributed by atoms with E-state index in [0.29, 0.717) is 5.75 Å². The van der Waals surface area contributed by atoms with Crippen molar-refractivity contribution in [1.82, 2.24) is 0 Å². The van der Waals surface area contributed by atoms with Crippen LogP contribution in [0.25, 0.3) is 10.4 Å². The van der Waals surface area contributed by atoms with E-state index >= 15 is 0 Å². The summed E-state index contributed by atoms with van der Waals surface area (Å²) in [7, 11) is 0. The van der Waals surface area contributed by atoms with E-state index in [9.17, 15) is 5.11 Å². The number of aromatic hydroxyl groups is 1. The first kappa shape index (κ1) is 9.28. The van der Waals surface area contributed by atoms with Crippen molar-refractivity contribution in [2.75, 3.05) is 0 Å². The lowest BCUT2D eigenvalue weighted by Gasteiger charge is -2.06. The fourth-order valence-electron chi connectivity index (χ4n) is 1.54. The summed E-state index contributed by atoms with van der Waals surface area (Å²) in [6, 6.07) is 8.18. The number of aryl methyl sites for hydroxylation is 2. The topological polar surface area (TPSA) is 20.2 Å². The predicted molar refractivity (Wildman–Crippen MR) is 60.9 cm³/mol. The Bertz CT molecular complexity index is 420. The number of benzene rings is 1. The van der Waals surface area contributed by atoms with Crippen LogP contribution in [0.2, 0.25) is 0 Å². The van der Waals surface area contributed by atoms with E-state index in [4.69, 9.17) is 0 Å². The molecule has 0 radical (unpaired) electrons. The number of phenolic OH excluding ortho intramolecular Hbond substituents is 1. The summed E-state index contributed by atoms with van der Waals surface area (Å²) in [6.07, 6.45) is 0. The smallest absolute Gasteiger partial charge is 0.121 e. The molecule has 1 aromatic carbocycles. The van der Waals surface area contributed by atoms with E-state index in [2.05, 4.69) is 11.4 Å². The zero-order chi connectivity index (χ0) is 10.1. The van der Waals surface area contributed by atoms with E-state index in [1.165, 1.54) is 10.4 Å². The molecule has 0 aliphatic carbocycles.